The van der Waals surface area contributed by atoms with E-state index in [2.05, 4.69) is 10.6 Å². The van der Waals surface area contributed by atoms with Crippen molar-refractivity contribution in [2.75, 3.05) is 18.5 Å². The second kappa shape index (κ2) is 7.64. The molecular weight excluding hydrogens is 272 g/mol. The summed E-state index contributed by atoms with van der Waals surface area (Å²) in [5.41, 5.74) is 1.45. The molecule has 1 fully saturated rings. The van der Waals surface area contributed by atoms with Gasteiger partial charge in [-0.3, -0.25) is 4.79 Å². The van der Waals surface area contributed by atoms with Crippen molar-refractivity contribution in [1.82, 2.24) is 5.32 Å². The van der Waals surface area contributed by atoms with Crippen molar-refractivity contribution >= 4 is 17.7 Å². The van der Waals surface area contributed by atoms with Gasteiger partial charge in [0.15, 0.2) is 0 Å². The van der Waals surface area contributed by atoms with E-state index in [1.165, 1.54) is 0 Å². The lowest BCUT2D eigenvalue weighted by Crippen LogP contribution is -2.35. The van der Waals surface area contributed by atoms with E-state index in [9.17, 15) is 9.59 Å². The van der Waals surface area contributed by atoms with Gasteiger partial charge in [0.25, 0.3) is 0 Å². The first-order valence-corrected chi connectivity index (χ1v) is 7.11. The SMILES string of the molecule is O=C(O)CCc1ccccc1NC(=O)NCC1CCCO1. The highest BCUT2D eigenvalue weighted by Gasteiger charge is 2.16. The van der Waals surface area contributed by atoms with E-state index in [1.54, 1.807) is 12.1 Å². The first kappa shape index (κ1) is 15.3. The van der Waals surface area contributed by atoms with E-state index in [-0.39, 0.29) is 18.6 Å². The summed E-state index contributed by atoms with van der Waals surface area (Å²) in [6.45, 7) is 1.25. The fraction of sp³-hybridized carbons (Fsp3) is 0.467. The normalized spacial score (nSPS) is 17.4. The van der Waals surface area contributed by atoms with Crippen LogP contribution in [0, 0.1) is 0 Å². The number of aliphatic carboxylic acids is 1. The second-order valence-electron chi connectivity index (χ2n) is 5.02. The third kappa shape index (κ3) is 5.07. The molecule has 0 radical (unpaired) electrons. The number of anilines is 1. The van der Waals surface area contributed by atoms with Crippen molar-refractivity contribution in [3.05, 3.63) is 29.8 Å². The lowest BCUT2D eigenvalue weighted by molar-refractivity contribution is -0.136. The zero-order chi connectivity index (χ0) is 15.1. The summed E-state index contributed by atoms with van der Waals surface area (Å²) < 4.78 is 5.43. The van der Waals surface area contributed by atoms with E-state index < -0.39 is 5.97 Å². The molecule has 1 unspecified atom stereocenters. The van der Waals surface area contributed by atoms with Gasteiger partial charge in [-0.2, -0.15) is 0 Å². The summed E-state index contributed by atoms with van der Waals surface area (Å²) in [6, 6.07) is 6.92. The molecule has 1 aliphatic rings. The number of para-hydroxylation sites is 1. The van der Waals surface area contributed by atoms with E-state index >= 15 is 0 Å². The molecule has 0 aromatic heterocycles. The standard InChI is InChI=1S/C15H20N2O4/c18-14(19)8-7-11-4-1-2-6-13(11)17-15(20)16-10-12-5-3-9-21-12/h1-2,4,6,12H,3,5,7-10H2,(H,18,19)(H2,16,17,20). The van der Waals surface area contributed by atoms with Gasteiger partial charge in [-0.25, -0.2) is 4.79 Å². The van der Waals surface area contributed by atoms with Gasteiger partial charge in [-0.1, -0.05) is 18.2 Å². The van der Waals surface area contributed by atoms with Crippen LogP contribution in [-0.4, -0.2) is 36.4 Å². The fourth-order valence-corrected chi connectivity index (χ4v) is 2.28. The Kier molecular flexibility index (Phi) is 5.57. The number of carboxylic acids is 1. The molecule has 6 heteroatoms. The number of ether oxygens (including phenoxy) is 1. The summed E-state index contributed by atoms with van der Waals surface area (Å²) in [6.07, 6.45) is 2.52. The van der Waals surface area contributed by atoms with Crippen LogP contribution in [0.5, 0.6) is 0 Å². The molecule has 1 heterocycles. The molecular formula is C15H20N2O4. The predicted molar refractivity (Wildman–Crippen MR) is 78.4 cm³/mol. The van der Waals surface area contributed by atoms with Crippen LogP contribution in [0.3, 0.4) is 0 Å². The Balaban J connectivity index is 1.85. The minimum absolute atomic E-state index is 0.0379. The molecule has 2 rings (SSSR count). The van der Waals surface area contributed by atoms with E-state index in [0.29, 0.717) is 18.7 Å². The Bertz CT molecular complexity index is 498. The highest BCUT2D eigenvalue weighted by molar-refractivity contribution is 5.90. The van der Waals surface area contributed by atoms with Crippen molar-refractivity contribution < 1.29 is 19.4 Å². The molecule has 1 aliphatic heterocycles. The number of amides is 2. The lowest BCUT2D eigenvalue weighted by Gasteiger charge is -2.13. The van der Waals surface area contributed by atoms with Gasteiger partial charge in [0, 0.05) is 25.3 Å². The third-order valence-electron chi connectivity index (χ3n) is 3.39. The van der Waals surface area contributed by atoms with E-state index in [1.807, 2.05) is 12.1 Å². The molecule has 0 spiro atoms. The van der Waals surface area contributed by atoms with Gasteiger partial charge in [0.05, 0.1) is 6.10 Å². The predicted octanol–water partition coefficient (Wildman–Crippen LogP) is 2.00. The zero-order valence-electron chi connectivity index (χ0n) is 11.8. The van der Waals surface area contributed by atoms with Crippen LogP contribution in [0.1, 0.15) is 24.8 Å². The molecule has 114 valence electrons. The molecule has 6 nitrogen and oxygen atoms in total. The van der Waals surface area contributed by atoms with Crippen molar-refractivity contribution in [3.63, 3.8) is 0 Å². The highest BCUT2D eigenvalue weighted by atomic mass is 16.5. The average Bonchev–Trinajstić information content (AvgIpc) is 2.97. The highest BCUT2D eigenvalue weighted by Crippen LogP contribution is 2.17. The summed E-state index contributed by atoms with van der Waals surface area (Å²) in [5, 5.41) is 14.3. The fourth-order valence-electron chi connectivity index (χ4n) is 2.28. The topological polar surface area (TPSA) is 87.7 Å². The van der Waals surface area contributed by atoms with Gasteiger partial charge >= 0.3 is 12.0 Å². The van der Waals surface area contributed by atoms with Gasteiger partial charge in [-0.05, 0) is 30.9 Å². The smallest absolute Gasteiger partial charge is 0.319 e. The van der Waals surface area contributed by atoms with Gasteiger partial charge in [0.1, 0.15) is 0 Å². The molecule has 0 saturated carbocycles. The Morgan fingerprint density at radius 2 is 2.14 bits per heavy atom. The summed E-state index contributed by atoms with van der Waals surface area (Å²) in [4.78, 5) is 22.5. The first-order chi connectivity index (χ1) is 10.1. The van der Waals surface area contributed by atoms with Crippen LogP contribution in [-0.2, 0) is 16.0 Å². The van der Waals surface area contributed by atoms with Gasteiger partial charge < -0.3 is 20.5 Å². The monoisotopic (exact) mass is 292 g/mol. The molecule has 21 heavy (non-hydrogen) atoms. The minimum Gasteiger partial charge on any atom is -0.481 e. The number of benzene rings is 1. The number of hydrogen-bond acceptors (Lipinski definition) is 3. The number of rotatable bonds is 6. The van der Waals surface area contributed by atoms with Crippen LogP contribution in [0.2, 0.25) is 0 Å². The Morgan fingerprint density at radius 3 is 2.86 bits per heavy atom. The number of urea groups is 1. The third-order valence-corrected chi connectivity index (χ3v) is 3.39. The van der Waals surface area contributed by atoms with E-state index in [4.69, 9.17) is 9.84 Å². The van der Waals surface area contributed by atoms with Crippen molar-refractivity contribution in [1.29, 1.82) is 0 Å². The Labute approximate surface area is 123 Å². The summed E-state index contributed by atoms with van der Waals surface area (Å²) >= 11 is 0. The second-order valence-corrected chi connectivity index (χ2v) is 5.02. The number of carbonyl (C=O) groups is 2. The Morgan fingerprint density at radius 1 is 1.33 bits per heavy atom. The number of nitrogens with one attached hydrogen (secondary N) is 2. The maximum absolute atomic E-state index is 11.9. The van der Waals surface area contributed by atoms with Crippen LogP contribution in [0.4, 0.5) is 10.5 Å². The molecule has 1 saturated heterocycles. The van der Waals surface area contributed by atoms with Gasteiger partial charge in [0.2, 0.25) is 0 Å². The number of carbonyl (C=O) groups excluding carboxylic acids is 1. The molecule has 3 N–H and O–H groups in total. The summed E-state index contributed by atoms with van der Waals surface area (Å²) in [5.74, 6) is -0.854. The quantitative estimate of drug-likeness (QED) is 0.748. The zero-order valence-corrected chi connectivity index (χ0v) is 11.8. The molecule has 0 aliphatic carbocycles. The van der Waals surface area contributed by atoms with Crippen LogP contribution < -0.4 is 10.6 Å². The average molecular weight is 292 g/mol. The van der Waals surface area contributed by atoms with Gasteiger partial charge in [-0.15, -0.1) is 0 Å². The number of hydrogen-bond donors (Lipinski definition) is 3. The van der Waals surface area contributed by atoms with Crippen molar-refractivity contribution in [3.8, 4) is 0 Å². The van der Waals surface area contributed by atoms with E-state index in [0.717, 1.165) is 25.0 Å². The molecule has 1 atom stereocenters. The Hall–Kier alpha value is -2.08. The minimum atomic E-state index is -0.854. The van der Waals surface area contributed by atoms with Crippen molar-refractivity contribution in [2.45, 2.75) is 31.8 Å². The van der Waals surface area contributed by atoms with Crippen LogP contribution in [0.15, 0.2) is 24.3 Å². The maximum atomic E-state index is 11.9. The van der Waals surface area contributed by atoms with Crippen LogP contribution in [0.25, 0.3) is 0 Å². The van der Waals surface area contributed by atoms with Crippen LogP contribution >= 0.6 is 0 Å². The number of carboxylic acid groups (broad SMARTS) is 1. The molecule has 1 aromatic rings. The lowest BCUT2D eigenvalue weighted by atomic mass is 10.1. The maximum Gasteiger partial charge on any atom is 0.319 e. The largest absolute Gasteiger partial charge is 0.481 e. The molecule has 2 amide bonds. The first-order valence-electron chi connectivity index (χ1n) is 7.11. The molecule has 0 bridgehead atoms. The summed E-state index contributed by atoms with van der Waals surface area (Å²) in [7, 11) is 0. The van der Waals surface area contributed by atoms with Crippen molar-refractivity contribution in [2.24, 2.45) is 0 Å². The molecule has 1 aromatic carbocycles. The number of aryl methyl sites for hydroxylation is 1.